The summed E-state index contributed by atoms with van der Waals surface area (Å²) in [6, 6.07) is 15.7. The van der Waals surface area contributed by atoms with E-state index in [1.807, 2.05) is 43.3 Å². The third-order valence-corrected chi connectivity index (χ3v) is 8.58. The summed E-state index contributed by atoms with van der Waals surface area (Å²) >= 11 is 3.32. The first kappa shape index (κ1) is 20.8. The number of hydrogen-bond acceptors (Lipinski definition) is 8. The second-order valence-electron chi connectivity index (χ2n) is 8.04. The van der Waals surface area contributed by atoms with Crippen molar-refractivity contribution in [3.8, 4) is 0 Å². The zero-order valence-corrected chi connectivity index (χ0v) is 19.6. The molecule has 0 spiro atoms. The number of amides is 1. The van der Waals surface area contributed by atoms with Gasteiger partial charge in [-0.25, -0.2) is 9.98 Å². The molecular weight excluding hydrogens is 456 g/mol. The number of ether oxygens (including phenoxy) is 1. The number of aliphatic imine (C=N–C) groups is 1. The summed E-state index contributed by atoms with van der Waals surface area (Å²) < 4.78 is 11.0. The molecule has 0 saturated carbocycles. The number of rotatable bonds is 3. The van der Waals surface area contributed by atoms with E-state index in [0.29, 0.717) is 17.2 Å². The monoisotopic (exact) mass is 478 g/mol. The van der Waals surface area contributed by atoms with Crippen LogP contribution < -0.4 is 5.32 Å². The van der Waals surface area contributed by atoms with Crippen molar-refractivity contribution in [2.24, 2.45) is 4.99 Å². The average molecular weight is 479 g/mol. The molecule has 2 aromatic carbocycles. The van der Waals surface area contributed by atoms with E-state index in [1.165, 1.54) is 0 Å². The summed E-state index contributed by atoms with van der Waals surface area (Å²) in [6.45, 7) is 4.99. The van der Waals surface area contributed by atoms with Crippen molar-refractivity contribution in [2.45, 2.75) is 17.5 Å². The number of benzene rings is 2. The Kier molecular flexibility index (Phi) is 5.40. The standard InChI is InChI=1S/C24H22N4O3S2/c1-14-25-17-13-16(7-8-18(17)31-14)26-22(29)20-19(15-5-3-2-4-6-15)21-23(32-20)27-24(33-21)28-9-11-30-12-10-28/h2-8,13,21,23H,9-12H2,1H3,(H,26,29). The van der Waals surface area contributed by atoms with Gasteiger partial charge >= 0.3 is 0 Å². The number of nitrogens with one attached hydrogen (secondary N) is 1. The zero-order valence-electron chi connectivity index (χ0n) is 18.0. The van der Waals surface area contributed by atoms with Crippen molar-refractivity contribution in [1.82, 2.24) is 9.88 Å². The van der Waals surface area contributed by atoms with Crippen LogP contribution in [0.1, 0.15) is 11.5 Å². The number of nitrogens with zero attached hydrogens (tertiary/aromatic N) is 3. The van der Waals surface area contributed by atoms with Gasteiger partial charge in [0.2, 0.25) is 0 Å². The summed E-state index contributed by atoms with van der Waals surface area (Å²) in [6.07, 6.45) is 0. The number of amidine groups is 1. The first-order valence-corrected chi connectivity index (χ1v) is 12.6. The van der Waals surface area contributed by atoms with Gasteiger partial charge < -0.3 is 19.4 Å². The molecule has 1 aromatic heterocycles. The molecule has 2 atom stereocenters. The van der Waals surface area contributed by atoms with Crippen LogP contribution in [0.25, 0.3) is 16.7 Å². The van der Waals surface area contributed by atoms with Gasteiger partial charge in [-0.15, -0.1) is 0 Å². The molecule has 2 unspecified atom stereocenters. The van der Waals surface area contributed by atoms with Crippen LogP contribution in [0, 0.1) is 6.92 Å². The first-order valence-electron chi connectivity index (χ1n) is 10.9. The van der Waals surface area contributed by atoms with Crippen molar-refractivity contribution in [3.63, 3.8) is 0 Å². The maximum absolute atomic E-state index is 13.4. The fourth-order valence-electron chi connectivity index (χ4n) is 4.29. The smallest absolute Gasteiger partial charge is 0.262 e. The van der Waals surface area contributed by atoms with Gasteiger partial charge in [0.1, 0.15) is 10.9 Å². The number of oxazole rings is 1. The first-order chi connectivity index (χ1) is 16.2. The van der Waals surface area contributed by atoms with E-state index in [9.17, 15) is 4.79 Å². The minimum atomic E-state index is -0.114. The minimum absolute atomic E-state index is 0.00975. The predicted molar refractivity (Wildman–Crippen MR) is 133 cm³/mol. The maximum Gasteiger partial charge on any atom is 0.262 e. The highest BCUT2D eigenvalue weighted by Gasteiger charge is 2.45. The van der Waals surface area contributed by atoms with Crippen molar-refractivity contribution in [2.75, 3.05) is 31.6 Å². The molecule has 168 valence electrons. The third kappa shape index (κ3) is 3.94. The molecular formula is C24H22N4O3S2. The second-order valence-corrected chi connectivity index (χ2v) is 10.3. The van der Waals surface area contributed by atoms with Gasteiger partial charge in [0, 0.05) is 25.7 Å². The quantitative estimate of drug-likeness (QED) is 0.599. The van der Waals surface area contributed by atoms with Crippen molar-refractivity contribution >= 4 is 57.0 Å². The lowest BCUT2D eigenvalue weighted by molar-refractivity contribution is -0.112. The molecule has 1 fully saturated rings. The summed E-state index contributed by atoms with van der Waals surface area (Å²) in [5.41, 5.74) is 4.26. The number of thioether (sulfide) groups is 2. The fourth-order valence-corrected chi connectivity index (χ4v) is 7.23. The van der Waals surface area contributed by atoms with Gasteiger partial charge in [0.15, 0.2) is 16.6 Å². The topological polar surface area (TPSA) is 80.0 Å². The van der Waals surface area contributed by atoms with Crippen LogP contribution in [0.2, 0.25) is 0 Å². The number of aromatic nitrogens is 1. The van der Waals surface area contributed by atoms with Gasteiger partial charge in [0.25, 0.3) is 5.91 Å². The number of carbonyl (C=O) groups excluding carboxylic acids is 1. The van der Waals surface area contributed by atoms with Gasteiger partial charge in [0.05, 0.1) is 23.4 Å². The molecule has 0 radical (unpaired) electrons. The molecule has 0 aliphatic carbocycles. The Morgan fingerprint density at radius 2 is 1.94 bits per heavy atom. The summed E-state index contributed by atoms with van der Waals surface area (Å²) in [7, 11) is 0. The lowest BCUT2D eigenvalue weighted by atomic mass is 10.0. The summed E-state index contributed by atoms with van der Waals surface area (Å²) in [4.78, 5) is 25.8. The van der Waals surface area contributed by atoms with Crippen molar-refractivity contribution in [3.05, 3.63) is 64.9 Å². The molecule has 1 saturated heterocycles. The predicted octanol–water partition coefficient (Wildman–Crippen LogP) is 4.36. The van der Waals surface area contributed by atoms with E-state index < -0.39 is 0 Å². The van der Waals surface area contributed by atoms with Gasteiger partial charge in [-0.3, -0.25) is 4.79 Å². The number of morpholine rings is 1. The summed E-state index contributed by atoms with van der Waals surface area (Å²) in [5, 5.41) is 4.22. The molecule has 1 amide bonds. The van der Waals surface area contributed by atoms with Gasteiger partial charge in [-0.05, 0) is 29.3 Å². The van der Waals surface area contributed by atoms with E-state index >= 15 is 0 Å². The molecule has 1 N–H and O–H groups in total. The molecule has 3 aliphatic rings. The fraction of sp³-hybridized carbons (Fsp3) is 0.292. The molecule has 33 heavy (non-hydrogen) atoms. The number of fused-ring (bicyclic) bond motifs is 2. The van der Waals surface area contributed by atoms with E-state index in [1.54, 1.807) is 23.5 Å². The number of anilines is 1. The number of carbonyl (C=O) groups is 1. The lowest BCUT2D eigenvalue weighted by Crippen LogP contribution is -2.39. The zero-order chi connectivity index (χ0) is 22.4. The van der Waals surface area contributed by atoms with E-state index in [2.05, 4.69) is 27.3 Å². The van der Waals surface area contributed by atoms with Gasteiger partial charge in [-0.1, -0.05) is 53.9 Å². The van der Waals surface area contributed by atoms with Crippen LogP contribution in [-0.2, 0) is 9.53 Å². The van der Waals surface area contributed by atoms with E-state index in [4.69, 9.17) is 14.1 Å². The molecule has 9 heteroatoms. The Morgan fingerprint density at radius 1 is 1.12 bits per heavy atom. The molecule has 4 heterocycles. The number of aryl methyl sites for hydroxylation is 1. The SMILES string of the molecule is Cc1nc2cc(NC(=O)C3=C(c4ccccc4)C4SC(N5CCOCC5)=NC4S3)ccc2o1. The normalized spacial score (nSPS) is 22.6. The van der Waals surface area contributed by atoms with Crippen LogP contribution in [0.3, 0.4) is 0 Å². The second kappa shape index (κ2) is 8.55. The Labute approximate surface area is 199 Å². The minimum Gasteiger partial charge on any atom is -0.441 e. The van der Waals surface area contributed by atoms with Crippen LogP contribution in [0.15, 0.2) is 62.8 Å². The average Bonchev–Trinajstić information content (AvgIpc) is 3.51. The van der Waals surface area contributed by atoms with Crippen molar-refractivity contribution in [1.29, 1.82) is 0 Å². The molecule has 0 bridgehead atoms. The molecule has 6 rings (SSSR count). The highest BCUT2D eigenvalue weighted by Crippen LogP contribution is 2.53. The largest absolute Gasteiger partial charge is 0.441 e. The molecule has 3 aromatic rings. The maximum atomic E-state index is 13.4. The third-order valence-electron chi connectivity index (χ3n) is 5.82. The highest BCUT2D eigenvalue weighted by molar-refractivity contribution is 8.17. The van der Waals surface area contributed by atoms with E-state index in [-0.39, 0.29) is 16.5 Å². The van der Waals surface area contributed by atoms with Crippen LogP contribution in [0.4, 0.5) is 5.69 Å². The Balaban J connectivity index is 1.29. The Bertz CT molecular complexity index is 1280. The Hall–Kier alpha value is -2.75. The molecule has 7 nitrogen and oxygen atoms in total. The van der Waals surface area contributed by atoms with Crippen LogP contribution in [-0.4, -0.2) is 57.9 Å². The Morgan fingerprint density at radius 3 is 2.76 bits per heavy atom. The lowest BCUT2D eigenvalue weighted by Gasteiger charge is -2.28. The van der Waals surface area contributed by atoms with E-state index in [0.717, 1.165) is 53.0 Å². The van der Waals surface area contributed by atoms with Crippen LogP contribution >= 0.6 is 23.5 Å². The number of hydrogen-bond donors (Lipinski definition) is 1. The van der Waals surface area contributed by atoms with Gasteiger partial charge in [-0.2, -0.15) is 0 Å². The molecule has 3 aliphatic heterocycles. The van der Waals surface area contributed by atoms with Crippen LogP contribution in [0.5, 0.6) is 0 Å². The summed E-state index contributed by atoms with van der Waals surface area (Å²) in [5.74, 6) is 0.490. The highest BCUT2D eigenvalue weighted by atomic mass is 32.2. The van der Waals surface area contributed by atoms with Crippen molar-refractivity contribution < 1.29 is 13.9 Å².